The molecule has 1 heterocycles. The largest absolute Gasteiger partial charge is 0.504 e. The zero-order valence-electron chi connectivity index (χ0n) is 13.1. The summed E-state index contributed by atoms with van der Waals surface area (Å²) in [5.74, 6) is 0.325. The fourth-order valence-electron chi connectivity index (χ4n) is 2.32. The lowest BCUT2D eigenvalue weighted by atomic mass is 10.0. The lowest BCUT2D eigenvalue weighted by Crippen LogP contribution is -2.24. The van der Waals surface area contributed by atoms with Crippen molar-refractivity contribution in [1.29, 1.82) is 0 Å². The summed E-state index contributed by atoms with van der Waals surface area (Å²) in [6.07, 6.45) is 1.77. The highest BCUT2D eigenvalue weighted by molar-refractivity contribution is 5.68. The van der Waals surface area contributed by atoms with E-state index in [4.69, 9.17) is 0 Å². The normalized spacial score (nSPS) is 11.8. The highest BCUT2D eigenvalue weighted by Gasteiger charge is 2.25. The molecular formula is C17H24N2O. The smallest absolute Gasteiger partial charge is 0.164 e. The van der Waals surface area contributed by atoms with Crippen molar-refractivity contribution in [3.8, 4) is 17.0 Å². The Labute approximate surface area is 121 Å². The summed E-state index contributed by atoms with van der Waals surface area (Å²) in [5.41, 5.74) is 3.67. The Balaban J connectivity index is 2.63. The lowest BCUT2D eigenvalue weighted by Gasteiger charge is -2.22. The predicted octanol–water partition coefficient (Wildman–Crippen LogP) is 4.27. The minimum absolute atomic E-state index is 0.163. The number of rotatable bonds is 3. The van der Waals surface area contributed by atoms with Gasteiger partial charge in [-0.2, -0.15) is 5.10 Å². The lowest BCUT2D eigenvalue weighted by molar-refractivity contribution is 0.356. The maximum Gasteiger partial charge on any atom is 0.164 e. The minimum Gasteiger partial charge on any atom is -0.504 e. The number of hydrogen-bond acceptors (Lipinski definition) is 2. The van der Waals surface area contributed by atoms with Crippen LogP contribution in [0.3, 0.4) is 0 Å². The van der Waals surface area contributed by atoms with E-state index in [1.807, 2.05) is 16.8 Å². The average Bonchev–Trinajstić information content (AvgIpc) is 2.69. The fourth-order valence-corrected chi connectivity index (χ4v) is 2.32. The highest BCUT2D eigenvalue weighted by atomic mass is 16.3. The van der Waals surface area contributed by atoms with Gasteiger partial charge in [0.25, 0.3) is 0 Å². The van der Waals surface area contributed by atoms with Gasteiger partial charge in [0.1, 0.15) is 11.4 Å². The topological polar surface area (TPSA) is 38.0 Å². The van der Waals surface area contributed by atoms with E-state index < -0.39 is 0 Å². The molecule has 0 unspecified atom stereocenters. The molecule has 0 saturated carbocycles. The van der Waals surface area contributed by atoms with Crippen LogP contribution in [0, 0.1) is 6.92 Å². The van der Waals surface area contributed by atoms with Crippen LogP contribution in [-0.4, -0.2) is 14.9 Å². The molecule has 0 amide bonds. The predicted molar refractivity (Wildman–Crippen MR) is 83.1 cm³/mol. The van der Waals surface area contributed by atoms with E-state index in [9.17, 15) is 5.11 Å². The van der Waals surface area contributed by atoms with Crippen LogP contribution in [0.2, 0.25) is 0 Å². The van der Waals surface area contributed by atoms with Crippen LogP contribution in [-0.2, 0) is 12.0 Å². The molecule has 2 aromatic rings. The average molecular weight is 272 g/mol. The summed E-state index contributed by atoms with van der Waals surface area (Å²) in [6, 6.07) is 8.22. The Bertz CT molecular complexity index is 589. The molecule has 0 aliphatic rings. The monoisotopic (exact) mass is 272 g/mol. The molecule has 108 valence electrons. The molecule has 0 saturated heterocycles. The molecule has 0 atom stereocenters. The first-order valence-electron chi connectivity index (χ1n) is 7.23. The van der Waals surface area contributed by atoms with Gasteiger partial charge in [-0.25, -0.2) is 0 Å². The van der Waals surface area contributed by atoms with Crippen LogP contribution in [0.25, 0.3) is 11.3 Å². The fraction of sp³-hybridized carbons (Fsp3) is 0.471. The van der Waals surface area contributed by atoms with Crippen molar-refractivity contribution >= 4 is 0 Å². The van der Waals surface area contributed by atoms with E-state index in [1.165, 1.54) is 5.56 Å². The summed E-state index contributed by atoms with van der Waals surface area (Å²) >= 11 is 0. The zero-order chi connectivity index (χ0) is 14.9. The SMILES string of the molecule is CCCc1nn(C(C)(C)C)c(-c2ccc(C)cc2)c1O. The van der Waals surface area contributed by atoms with Crippen molar-refractivity contribution in [2.24, 2.45) is 0 Å². The van der Waals surface area contributed by atoms with Gasteiger partial charge in [0.2, 0.25) is 0 Å². The molecular weight excluding hydrogens is 248 g/mol. The molecule has 0 spiro atoms. The molecule has 1 aromatic carbocycles. The molecule has 0 fully saturated rings. The van der Waals surface area contributed by atoms with Crippen LogP contribution < -0.4 is 0 Å². The first-order chi connectivity index (χ1) is 9.34. The number of aryl methyl sites for hydroxylation is 2. The first kappa shape index (κ1) is 14.6. The summed E-state index contributed by atoms with van der Waals surface area (Å²) in [5, 5.41) is 15.2. The Morgan fingerprint density at radius 2 is 1.75 bits per heavy atom. The number of nitrogens with zero attached hydrogens (tertiary/aromatic N) is 2. The molecule has 1 aromatic heterocycles. The molecule has 0 aliphatic carbocycles. The maximum absolute atomic E-state index is 10.5. The summed E-state index contributed by atoms with van der Waals surface area (Å²) in [7, 11) is 0. The first-order valence-corrected chi connectivity index (χ1v) is 7.23. The summed E-state index contributed by atoms with van der Waals surface area (Å²) in [4.78, 5) is 0. The van der Waals surface area contributed by atoms with Gasteiger partial charge < -0.3 is 5.11 Å². The molecule has 0 bridgehead atoms. The quantitative estimate of drug-likeness (QED) is 0.906. The molecule has 3 nitrogen and oxygen atoms in total. The third-order valence-electron chi connectivity index (χ3n) is 3.38. The third kappa shape index (κ3) is 2.72. The Morgan fingerprint density at radius 1 is 1.15 bits per heavy atom. The van der Waals surface area contributed by atoms with Gasteiger partial charge in [-0.1, -0.05) is 43.2 Å². The van der Waals surface area contributed by atoms with Crippen LogP contribution in [0.4, 0.5) is 0 Å². The molecule has 1 N–H and O–H groups in total. The molecule has 2 rings (SSSR count). The summed E-state index contributed by atoms with van der Waals surface area (Å²) in [6.45, 7) is 10.5. The van der Waals surface area contributed by atoms with E-state index in [0.29, 0.717) is 5.75 Å². The molecule has 3 heteroatoms. The molecule has 0 radical (unpaired) electrons. The second-order valence-electron chi connectivity index (χ2n) is 6.34. The van der Waals surface area contributed by atoms with Gasteiger partial charge in [0, 0.05) is 5.56 Å². The summed E-state index contributed by atoms with van der Waals surface area (Å²) < 4.78 is 1.94. The van der Waals surface area contributed by atoms with Crippen LogP contribution in [0.1, 0.15) is 45.4 Å². The Hall–Kier alpha value is -1.77. The van der Waals surface area contributed by atoms with Crippen molar-refractivity contribution in [2.45, 2.75) is 53.0 Å². The van der Waals surface area contributed by atoms with Gasteiger partial charge in [-0.15, -0.1) is 0 Å². The number of aromatic hydroxyl groups is 1. The van der Waals surface area contributed by atoms with Crippen molar-refractivity contribution in [3.63, 3.8) is 0 Å². The third-order valence-corrected chi connectivity index (χ3v) is 3.38. The van der Waals surface area contributed by atoms with Gasteiger partial charge >= 0.3 is 0 Å². The minimum atomic E-state index is -0.163. The van der Waals surface area contributed by atoms with E-state index >= 15 is 0 Å². The highest BCUT2D eigenvalue weighted by Crippen LogP contribution is 2.36. The van der Waals surface area contributed by atoms with E-state index in [2.05, 4.69) is 51.9 Å². The second-order valence-corrected chi connectivity index (χ2v) is 6.34. The zero-order valence-corrected chi connectivity index (χ0v) is 13.1. The Kier molecular flexibility index (Phi) is 3.89. The van der Waals surface area contributed by atoms with Crippen LogP contribution in [0.15, 0.2) is 24.3 Å². The Morgan fingerprint density at radius 3 is 2.25 bits per heavy atom. The number of benzene rings is 1. The number of hydrogen-bond donors (Lipinski definition) is 1. The van der Waals surface area contributed by atoms with E-state index in [-0.39, 0.29) is 5.54 Å². The standard InChI is InChI=1S/C17H24N2O/c1-6-7-14-16(20)15(19(18-14)17(3,4)5)13-10-8-12(2)9-11-13/h8-11,20H,6-7H2,1-5H3. The van der Waals surface area contributed by atoms with E-state index in [0.717, 1.165) is 29.8 Å². The van der Waals surface area contributed by atoms with Crippen molar-refractivity contribution in [1.82, 2.24) is 9.78 Å². The maximum atomic E-state index is 10.5. The van der Waals surface area contributed by atoms with Gasteiger partial charge in [-0.3, -0.25) is 4.68 Å². The van der Waals surface area contributed by atoms with E-state index in [1.54, 1.807) is 0 Å². The molecule has 20 heavy (non-hydrogen) atoms. The van der Waals surface area contributed by atoms with Crippen LogP contribution >= 0.6 is 0 Å². The van der Waals surface area contributed by atoms with Crippen molar-refractivity contribution < 1.29 is 5.11 Å². The number of aromatic nitrogens is 2. The van der Waals surface area contributed by atoms with Gasteiger partial charge in [-0.05, 0) is 34.1 Å². The van der Waals surface area contributed by atoms with Gasteiger partial charge in [0.15, 0.2) is 5.75 Å². The van der Waals surface area contributed by atoms with Crippen LogP contribution in [0.5, 0.6) is 5.75 Å². The van der Waals surface area contributed by atoms with Gasteiger partial charge in [0.05, 0.1) is 5.54 Å². The second kappa shape index (κ2) is 5.31. The molecule has 0 aliphatic heterocycles. The van der Waals surface area contributed by atoms with Crippen molar-refractivity contribution in [2.75, 3.05) is 0 Å². The van der Waals surface area contributed by atoms with Crippen molar-refractivity contribution in [3.05, 3.63) is 35.5 Å².